The van der Waals surface area contributed by atoms with Crippen LogP contribution in [-0.4, -0.2) is 42.4 Å². The van der Waals surface area contributed by atoms with Crippen LogP contribution >= 0.6 is 11.3 Å². The van der Waals surface area contributed by atoms with Crippen LogP contribution in [0.3, 0.4) is 0 Å². The van der Waals surface area contributed by atoms with Crippen molar-refractivity contribution in [1.82, 2.24) is 10.3 Å². The van der Waals surface area contributed by atoms with Gasteiger partial charge >= 0.3 is 0 Å². The molecule has 1 aromatic heterocycles. The van der Waals surface area contributed by atoms with E-state index >= 15 is 0 Å². The molecule has 0 saturated carbocycles. The summed E-state index contributed by atoms with van der Waals surface area (Å²) in [5.41, 5.74) is 0.573. The van der Waals surface area contributed by atoms with Crippen molar-refractivity contribution in [3.8, 4) is 10.6 Å². The Kier molecular flexibility index (Phi) is 6.00. The average molecular weight is 324 g/mol. The quantitative estimate of drug-likeness (QED) is 0.818. The van der Waals surface area contributed by atoms with E-state index in [2.05, 4.69) is 10.3 Å². The molecule has 0 spiro atoms. The molecule has 1 unspecified atom stereocenters. The first-order chi connectivity index (χ1) is 10.7. The highest BCUT2D eigenvalue weighted by atomic mass is 32.1. The van der Waals surface area contributed by atoms with Crippen molar-refractivity contribution in [3.63, 3.8) is 0 Å². The molecular formula is C15H17FN2O3S. The zero-order valence-electron chi connectivity index (χ0n) is 12.1. The Morgan fingerprint density at radius 3 is 2.95 bits per heavy atom. The van der Waals surface area contributed by atoms with Gasteiger partial charge in [0.15, 0.2) is 0 Å². The fourth-order valence-electron chi connectivity index (χ4n) is 1.86. The number of benzene rings is 1. The Morgan fingerprint density at radius 1 is 1.50 bits per heavy atom. The van der Waals surface area contributed by atoms with Crippen LogP contribution in [-0.2, 0) is 4.74 Å². The highest BCUT2D eigenvalue weighted by molar-refractivity contribution is 7.13. The summed E-state index contributed by atoms with van der Waals surface area (Å²) in [5, 5.41) is 13.9. The van der Waals surface area contributed by atoms with Gasteiger partial charge in [-0.3, -0.25) is 4.79 Å². The fourth-order valence-corrected chi connectivity index (χ4v) is 2.69. The smallest absolute Gasteiger partial charge is 0.271 e. The van der Waals surface area contributed by atoms with Crippen LogP contribution in [0.2, 0.25) is 0 Å². The second kappa shape index (κ2) is 7.98. The van der Waals surface area contributed by atoms with E-state index in [1.165, 1.54) is 17.4 Å². The van der Waals surface area contributed by atoms with Gasteiger partial charge in [-0.2, -0.15) is 0 Å². The van der Waals surface area contributed by atoms with Crippen LogP contribution in [0.25, 0.3) is 10.6 Å². The molecule has 1 amide bonds. The summed E-state index contributed by atoms with van der Waals surface area (Å²) in [6.45, 7) is 0.252. The summed E-state index contributed by atoms with van der Waals surface area (Å²) in [6.07, 6.45) is 0.503. The van der Waals surface area contributed by atoms with Gasteiger partial charge in [-0.25, -0.2) is 9.37 Å². The Hall–Kier alpha value is -1.83. The molecule has 118 valence electrons. The first-order valence-corrected chi connectivity index (χ1v) is 7.64. The van der Waals surface area contributed by atoms with Crippen molar-refractivity contribution >= 4 is 17.2 Å². The molecule has 1 heterocycles. The van der Waals surface area contributed by atoms with Crippen LogP contribution in [0.1, 0.15) is 16.9 Å². The molecule has 0 aliphatic heterocycles. The van der Waals surface area contributed by atoms with E-state index in [1.807, 2.05) is 0 Å². The average Bonchev–Trinajstić information content (AvgIpc) is 3.01. The maximum absolute atomic E-state index is 13.7. The number of halogens is 1. The van der Waals surface area contributed by atoms with Crippen molar-refractivity contribution in [2.45, 2.75) is 12.5 Å². The molecule has 0 aliphatic rings. The number of aliphatic hydroxyl groups excluding tert-OH is 1. The normalized spacial score (nSPS) is 12.1. The Balaban J connectivity index is 2.07. The highest BCUT2D eigenvalue weighted by Crippen LogP contribution is 2.26. The molecule has 22 heavy (non-hydrogen) atoms. The van der Waals surface area contributed by atoms with Gasteiger partial charge in [0.25, 0.3) is 5.91 Å². The van der Waals surface area contributed by atoms with Gasteiger partial charge in [0, 0.05) is 24.7 Å². The summed E-state index contributed by atoms with van der Waals surface area (Å²) in [4.78, 5) is 16.3. The standard InChI is InChI=1S/C15H17FN2O3S/c1-21-7-6-10(8-19)17-14(20)13-9-22-15(18-13)11-4-2-3-5-12(11)16/h2-5,9-10,19H,6-8H2,1H3,(H,17,20). The summed E-state index contributed by atoms with van der Waals surface area (Å²) in [5.74, 6) is -0.772. The van der Waals surface area contributed by atoms with Crippen molar-refractivity contribution < 1.29 is 19.0 Å². The predicted molar refractivity (Wildman–Crippen MR) is 82.3 cm³/mol. The third-order valence-electron chi connectivity index (χ3n) is 3.07. The van der Waals surface area contributed by atoms with Crippen molar-refractivity contribution in [3.05, 3.63) is 41.2 Å². The SMILES string of the molecule is COCCC(CO)NC(=O)c1csc(-c2ccccc2F)n1. The van der Waals surface area contributed by atoms with Gasteiger partial charge in [-0.1, -0.05) is 12.1 Å². The minimum absolute atomic E-state index is 0.181. The second-order valence-corrected chi connectivity index (χ2v) is 5.51. The Bertz CT molecular complexity index is 633. The van der Waals surface area contributed by atoms with Gasteiger partial charge in [0.2, 0.25) is 0 Å². The van der Waals surface area contributed by atoms with Crippen molar-refractivity contribution in [1.29, 1.82) is 0 Å². The zero-order chi connectivity index (χ0) is 15.9. The number of amides is 1. The van der Waals surface area contributed by atoms with E-state index in [0.29, 0.717) is 23.6 Å². The molecule has 7 heteroatoms. The monoisotopic (exact) mass is 324 g/mol. The number of hydrogen-bond donors (Lipinski definition) is 2. The summed E-state index contributed by atoms with van der Waals surface area (Å²) < 4.78 is 18.6. The lowest BCUT2D eigenvalue weighted by Gasteiger charge is -2.14. The molecular weight excluding hydrogens is 307 g/mol. The van der Waals surface area contributed by atoms with Crippen molar-refractivity contribution in [2.75, 3.05) is 20.3 Å². The molecule has 0 saturated heterocycles. The number of rotatable bonds is 7. The van der Waals surface area contributed by atoms with E-state index in [1.54, 1.807) is 30.7 Å². The van der Waals surface area contributed by atoms with Gasteiger partial charge in [-0.05, 0) is 18.6 Å². The molecule has 2 N–H and O–H groups in total. The van der Waals surface area contributed by atoms with Gasteiger partial charge in [-0.15, -0.1) is 11.3 Å². The number of ether oxygens (including phenoxy) is 1. The highest BCUT2D eigenvalue weighted by Gasteiger charge is 2.17. The summed E-state index contributed by atoms with van der Waals surface area (Å²) in [6, 6.07) is 5.88. The third-order valence-corrected chi connectivity index (χ3v) is 3.94. The number of methoxy groups -OCH3 is 1. The van der Waals surface area contributed by atoms with Gasteiger partial charge < -0.3 is 15.2 Å². The molecule has 0 aliphatic carbocycles. The third kappa shape index (κ3) is 4.09. The molecule has 0 fully saturated rings. The van der Waals surface area contributed by atoms with E-state index < -0.39 is 11.9 Å². The number of thiazole rings is 1. The second-order valence-electron chi connectivity index (χ2n) is 4.65. The minimum Gasteiger partial charge on any atom is -0.394 e. The number of aromatic nitrogens is 1. The number of nitrogens with one attached hydrogen (secondary N) is 1. The number of carbonyl (C=O) groups excluding carboxylic acids is 1. The van der Waals surface area contributed by atoms with Crippen LogP contribution in [0.4, 0.5) is 4.39 Å². The molecule has 5 nitrogen and oxygen atoms in total. The zero-order valence-corrected chi connectivity index (χ0v) is 12.9. The van der Waals surface area contributed by atoms with E-state index in [0.717, 1.165) is 0 Å². The molecule has 0 radical (unpaired) electrons. The molecule has 2 aromatic rings. The first kappa shape index (κ1) is 16.5. The van der Waals surface area contributed by atoms with E-state index in [-0.39, 0.29) is 18.1 Å². The lowest BCUT2D eigenvalue weighted by molar-refractivity contribution is 0.0890. The summed E-state index contributed by atoms with van der Waals surface area (Å²) >= 11 is 1.20. The fraction of sp³-hybridized carbons (Fsp3) is 0.333. The lowest BCUT2D eigenvalue weighted by atomic mass is 10.2. The van der Waals surface area contributed by atoms with E-state index in [9.17, 15) is 14.3 Å². The van der Waals surface area contributed by atoms with Crippen LogP contribution in [0.15, 0.2) is 29.6 Å². The predicted octanol–water partition coefficient (Wildman–Crippen LogP) is 2.08. The molecule has 0 bridgehead atoms. The van der Waals surface area contributed by atoms with Crippen LogP contribution < -0.4 is 5.32 Å². The van der Waals surface area contributed by atoms with Gasteiger partial charge in [0.1, 0.15) is 16.5 Å². The lowest BCUT2D eigenvalue weighted by Crippen LogP contribution is -2.38. The number of carbonyl (C=O) groups is 1. The molecule has 2 rings (SSSR count). The number of nitrogens with zero attached hydrogens (tertiary/aromatic N) is 1. The van der Waals surface area contributed by atoms with Gasteiger partial charge in [0.05, 0.1) is 12.6 Å². The Morgan fingerprint density at radius 2 is 2.27 bits per heavy atom. The number of hydrogen-bond acceptors (Lipinski definition) is 5. The van der Waals surface area contributed by atoms with Crippen LogP contribution in [0, 0.1) is 5.82 Å². The van der Waals surface area contributed by atoms with E-state index in [4.69, 9.17) is 4.74 Å². The molecule has 1 atom stereocenters. The minimum atomic E-state index is -0.397. The molecule has 1 aromatic carbocycles. The summed E-state index contributed by atoms with van der Waals surface area (Å²) in [7, 11) is 1.55. The number of aliphatic hydroxyl groups is 1. The maximum Gasteiger partial charge on any atom is 0.271 e. The Labute approximate surface area is 131 Å². The van der Waals surface area contributed by atoms with Crippen molar-refractivity contribution in [2.24, 2.45) is 0 Å². The largest absolute Gasteiger partial charge is 0.394 e. The van der Waals surface area contributed by atoms with Crippen LogP contribution in [0.5, 0.6) is 0 Å². The first-order valence-electron chi connectivity index (χ1n) is 6.76. The maximum atomic E-state index is 13.7. The topological polar surface area (TPSA) is 71.5 Å².